The van der Waals surface area contributed by atoms with Gasteiger partial charge in [0.1, 0.15) is 0 Å². The van der Waals surface area contributed by atoms with Crippen LogP contribution in [-0.2, 0) is 23.7 Å². The van der Waals surface area contributed by atoms with Crippen LogP contribution in [0.4, 0.5) is 0 Å². The summed E-state index contributed by atoms with van der Waals surface area (Å²) in [4.78, 5) is 0. The lowest BCUT2D eigenvalue weighted by molar-refractivity contribution is -0.00869. The van der Waals surface area contributed by atoms with Crippen molar-refractivity contribution in [3.63, 3.8) is 0 Å². The van der Waals surface area contributed by atoms with Crippen LogP contribution in [0.1, 0.15) is 6.42 Å². The van der Waals surface area contributed by atoms with Crippen molar-refractivity contribution >= 4 is 0 Å². The Morgan fingerprint density at radius 2 is 1.33 bits per heavy atom. The molecule has 18 heavy (non-hydrogen) atoms. The minimum Gasteiger partial charge on any atom is -0.382 e. The molecule has 0 bridgehead atoms. The minimum absolute atomic E-state index is 0.286. The van der Waals surface area contributed by atoms with Gasteiger partial charge in [0.15, 0.2) is 0 Å². The first-order valence-electron chi connectivity index (χ1n) is 6.36. The molecule has 0 spiro atoms. The Balaban J connectivity index is 1.64. The van der Waals surface area contributed by atoms with Gasteiger partial charge < -0.3 is 23.7 Å². The number of hydrogen-bond acceptors (Lipinski definition) is 5. The molecule has 1 saturated carbocycles. The highest BCUT2D eigenvalue weighted by atomic mass is 16.6. The quantitative estimate of drug-likeness (QED) is 0.365. The molecule has 0 aromatic carbocycles. The lowest BCUT2D eigenvalue weighted by Gasteiger charge is -2.06. The topological polar surface area (TPSA) is 46.2 Å². The standard InChI is InChI=1S/C13H24O5/c1-12-11-13(12)18-10-9-17-8-7-16-6-5-15-4-3-14-2/h13H,1,3-11H2,2H3. The number of rotatable bonds is 13. The summed E-state index contributed by atoms with van der Waals surface area (Å²) in [6.45, 7) is 8.65. The predicted octanol–water partition coefficient (Wildman–Crippen LogP) is 1.03. The van der Waals surface area contributed by atoms with Gasteiger partial charge in [-0.15, -0.1) is 0 Å². The predicted molar refractivity (Wildman–Crippen MR) is 67.8 cm³/mol. The van der Waals surface area contributed by atoms with E-state index in [0.29, 0.717) is 52.9 Å². The van der Waals surface area contributed by atoms with Gasteiger partial charge in [-0.25, -0.2) is 0 Å². The first kappa shape index (κ1) is 15.6. The van der Waals surface area contributed by atoms with Gasteiger partial charge in [-0.05, 0) is 5.57 Å². The second-order valence-corrected chi connectivity index (χ2v) is 4.05. The highest BCUT2D eigenvalue weighted by molar-refractivity contribution is 5.21. The monoisotopic (exact) mass is 260 g/mol. The van der Waals surface area contributed by atoms with Crippen molar-refractivity contribution in [2.45, 2.75) is 12.5 Å². The number of methoxy groups -OCH3 is 1. The van der Waals surface area contributed by atoms with Crippen LogP contribution in [0.2, 0.25) is 0 Å². The van der Waals surface area contributed by atoms with Crippen LogP contribution < -0.4 is 0 Å². The molecule has 0 N–H and O–H groups in total. The van der Waals surface area contributed by atoms with E-state index in [-0.39, 0.29) is 6.10 Å². The lowest BCUT2D eigenvalue weighted by Crippen LogP contribution is -2.13. The van der Waals surface area contributed by atoms with Crippen LogP contribution in [0.3, 0.4) is 0 Å². The second-order valence-electron chi connectivity index (χ2n) is 4.05. The molecule has 1 rings (SSSR count). The summed E-state index contributed by atoms with van der Waals surface area (Å²) in [5.41, 5.74) is 1.19. The molecule has 1 unspecified atom stereocenters. The molecule has 5 nitrogen and oxygen atoms in total. The third-order valence-corrected chi connectivity index (χ3v) is 2.47. The minimum atomic E-state index is 0.286. The summed E-state index contributed by atoms with van der Waals surface area (Å²) >= 11 is 0. The van der Waals surface area contributed by atoms with E-state index >= 15 is 0 Å². The van der Waals surface area contributed by atoms with Crippen molar-refractivity contribution in [1.82, 2.24) is 0 Å². The molecular formula is C13H24O5. The molecule has 5 heteroatoms. The summed E-state index contributed by atoms with van der Waals surface area (Å²) in [7, 11) is 1.65. The van der Waals surface area contributed by atoms with Gasteiger partial charge in [-0.3, -0.25) is 0 Å². The van der Waals surface area contributed by atoms with Crippen molar-refractivity contribution in [2.24, 2.45) is 0 Å². The van der Waals surface area contributed by atoms with E-state index in [1.54, 1.807) is 7.11 Å². The smallest absolute Gasteiger partial charge is 0.0822 e. The number of ether oxygens (including phenoxy) is 5. The molecule has 1 atom stereocenters. The van der Waals surface area contributed by atoms with E-state index in [9.17, 15) is 0 Å². The Morgan fingerprint density at radius 1 is 0.889 bits per heavy atom. The summed E-state index contributed by atoms with van der Waals surface area (Å²) in [6.07, 6.45) is 1.29. The lowest BCUT2D eigenvalue weighted by atomic mass is 10.6. The van der Waals surface area contributed by atoms with E-state index < -0.39 is 0 Å². The Labute approximate surface area is 109 Å². The van der Waals surface area contributed by atoms with Crippen LogP contribution in [-0.4, -0.2) is 66.1 Å². The largest absolute Gasteiger partial charge is 0.382 e. The zero-order valence-electron chi connectivity index (χ0n) is 11.2. The Bertz CT molecular complexity index is 219. The molecule has 1 fully saturated rings. The van der Waals surface area contributed by atoms with Crippen molar-refractivity contribution in [2.75, 3.05) is 60.0 Å². The van der Waals surface area contributed by atoms with Crippen LogP contribution in [0.25, 0.3) is 0 Å². The van der Waals surface area contributed by atoms with Gasteiger partial charge in [0.2, 0.25) is 0 Å². The molecule has 0 heterocycles. The van der Waals surface area contributed by atoms with Crippen molar-refractivity contribution < 1.29 is 23.7 Å². The van der Waals surface area contributed by atoms with E-state index in [1.807, 2.05) is 0 Å². The summed E-state index contributed by atoms with van der Waals surface area (Å²) in [5.74, 6) is 0. The molecule has 106 valence electrons. The fraction of sp³-hybridized carbons (Fsp3) is 0.846. The maximum atomic E-state index is 5.45. The molecular weight excluding hydrogens is 236 g/mol. The van der Waals surface area contributed by atoms with Crippen molar-refractivity contribution in [1.29, 1.82) is 0 Å². The van der Waals surface area contributed by atoms with Crippen molar-refractivity contribution in [3.8, 4) is 0 Å². The highest BCUT2D eigenvalue weighted by Crippen LogP contribution is 2.29. The Morgan fingerprint density at radius 3 is 1.78 bits per heavy atom. The van der Waals surface area contributed by atoms with Gasteiger partial charge in [-0.2, -0.15) is 0 Å². The highest BCUT2D eigenvalue weighted by Gasteiger charge is 2.27. The van der Waals surface area contributed by atoms with Gasteiger partial charge >= 0.3 is 0 Å². The fourth-order valence-electron chi connectivity index (χ4n) is 1.29. The maximum Gasteiger partial charge on any atom is 0.0822 e. The fourth-order valence-corrected chi connectivity index (χ4v) is 1.29. The zero-order chi connectivity index (χ0) is 13.1. The van der Waals surface area contributed by atoms with E-state index in [2.05, 4.69) is 6.58 Å². The van der Waals surface area contributed by atoms with Crippen molar-refractivity contribution in [3.05, 3.63) is 12.2 Å². The molecule has 0 radical (unpaired) electrons. The van der Waals surface area contributed by atoms with Crippen LogP contribution in [0.5, 0.6) is 0 Å². The van der Waals surface area contributed by atoms with E-state index in [1.165, 1.54) is 5.57 Å². The van der Waals surface area contributed by atoms with Crippen LogP contribution in [0, 0.1) is 0 Å². The van der Waals surface area contributed by atoms with Crippen LogP contribution in [0.15, 0.2) is 12.2 Å². The summed E-state index contributed by atoms with van der Waals surface area (Å²) in [6, 6.07) is 0. The molecule has 1 aliphatic rings. The maximum absolute atomic E-state index is 5.45. The second kappa shape index (κ2) is 10.5. The molecule has 0 aliphatic heterocycles. The normalized spacial score (nSPS) is 18.3. The number of hydrogen-bond donors (Lipinski definition) is 0. The van der Waals surface area contributed by atoms with Gasteiger partial charge in [0.05, 0.1) is 59.0 Å². The zero-order valence-corrected chi connectivity index (χ0v) is 11.2. The summed E-state index contributed by atoms with van der Waals surface area (Å²) in [5, 5.41) is 0. The molecule has 1 aliphatic carbocycles. The molecule has 0 saturated heterocycles. The van der Waals surface area contributed by atoms with Gasteiger partial charge in [-0.1, -0.05) is 6.58 Å². The van der Waals surface area contributed by atoms with E-state index in [4.69, 9.17) is 23.7 Å². The summed E-state index contributed by atoms with van der Waals surface area (Å²) < 4.78 is 26.2. The molecule has 0 amide bonds. The molecule has 0 aromatic rings. The van der Waals surface area contributed by atoms with E-state index in [0.717, 1.165) is 6.42 Å². The molecule has 0 aromatic heterocycles. The third kappa shape index (κ3) is 8.60. The average Bonchev–Trinajstić information content (AvgIpc) is 3.07. The SMILES string of the molecule is C=C1CC1OCCOCCOCCOCCOC. The Kier molecular flexibility index (Phi) is 9.06. The van der Waals surface area contributed by atoms with Crippen LogP contribution >= 0.6 is 0 Å². The van der Waals surface area contributed by atoms with Gasteiger partial charge in [0.25, 0.3) is 0 Å². The Hall–Kier alpha value is -0.460. The first-order valence-corrected chi connectivity index (χ1v) is 6.36. The third-order valence-electron chi connectivity index (χ3n) is 2.47. The van der Waals surface area contributed by atoms with Gasteiger partial charge in [0, 0.05) is 13.5 Å². The first-order chi connectivity index (χ1) is 8.84. The average molecular weight is 260 g/mol.